The van der Waals surface area contributed by atoms with Crippen LogP contribution in [0.25, 0.3) is 10.9 Å². The highest BCUT2D eigenvalue weighted by atomic mass is 16.1. The van der Waals surface area contributed by atoms with Crippen molar-refractivity contribution in [3.8, 4) is 0 Å². The molecule has 1 unspecified atom stereocenters. The van der Waals surface area contributed by atoms with Crippen LogP contribution in [0.4, 0.5) is 5.69 Å². The first-order valence-corrected chi connectivity index (χ1v) is 9.05. The molecule has 3 N–H and O–H groups in total. The van der Waals surface area contributed by atoms with Crippen molar-refractivity contribution in [2.75, 3.05) is 25.0 Å². The number of anilines is 1. The number of hydrogen-bond donors (Lipinski definition) is 2. The van der Waals surface area contributed by atoms with Crippen LogP contribution in [-0.4, -0.2) is 36.7 Å². The van der Waals surface area contributed by atoms with Crippen LogP contribution >= 0.6 is 0 Å². The number of nitrogens with zero attached hydrogens (tertiary/aromatic N) is 2. The molecule has 2 aromatic carbocycles. The van der Waals surface area contributed by atoms with Crippen LogP contribution in [0.5, 0.6) is 0 Å². The molecule has 1 saturated heterocycles. The molecule has 0 bridgehead atoms. The highest BCUT2D eigenvalue weighted by Crippen LogP contribution is 2.32. The molecule has 1 amide bonds. The zero-order valence-corrected chi connectivity index (χ0v) is 15.0. The van der Waals surface area contributed by atoms with Crippen LogP contribution in [0.1, 0.15) is 22.5 Å². The first-order chi connectivity index (χ1) is 12.7. The van der Waals surface area contributed by atoms with Gasteiger partial charge < -0.3 is 20.5 Å². The number of carbonyl (C=O) groups excluding carboxylic acids is 1. The van der Waals surface area contributed by atoms with Crippen LogP contribution in [-0.2, 0) is 6.54 Å². The van der Waals surface area contributed by atoms with Gasteiger partial charge in [0.1, 0.15) is 5.69 Å². The van der Waals surface area contributed by atoms with E-state index in [0.29, 0.717) is 18.3 Å². The van der Waals surface area contributed by atoms with E-state index in [2.05, 4.69) is 40.5 Å². The summed E-state index contributed by atoms with van der Waals surface area (Å²) in [6.45, 7) is 2.62. The summed E-state index contributed by atoms with van der Waals surface area (Å²) in [7, 11) is 2.01. The van der Waals surface area contributed by atoms with E-state index in [0.717, 1.165) is 36.0 Å². The predicted octanol–water partition coefficient (Wildman–Crippen LogP) is 2.59. The standard InChI is InChI=1S/C21H24N4O/c1-23-16-10-11-24(14-16)18-8-5-9-19-17(18)12-20(21(22)26)25(19)13-15-6-3-2-4-7-15/h2-9,12,16,23H,10-11,13-14H2,1H3,(H2,22,26). The van der Waals surface area contributed by atoms with Crippen LogP contribution in [0, 0.1) is 0 Å². The van der Waals surface area contributed by atoms with Gasteiger partial charge in [-0.1, -0.05) is 36.4 Å². The summed E-state index contributed by atoms with van der Waals surface area (Å²) in [5, 5.41) is 4.45. The summed E-state index contributed by atoms with van der Waals surface area (Å²) < 4.78 is 2.03. The Morgan fingerprint density at radius 2 is 2.00 bits per heavy atom. The number of aromatic nitrogens is 1. The van der Waals surface area contributed by atoms with Crippen molar-refractivity contribution in [2.45, 2.75) is 19.0 Å². The zero-order valence-electron chi connectivity index (χ0n) is 15.0. The maximum atomic E-state index is 12.1. The molecule has 0 saturated carbocycles. The van der Waals surface area contributed by atoms with Crippen molar-refractivity contribution in [3.05, 3.63) is 65.9 Å². The van der Waals surface area contributed by atoms with E-state index < -0.39 is 5.91 Å². The fourth-order valence-corrected chi connectivity index (χ4v) is 3.90. The third kappa shape index (κ3) is 2.95. The fraction of sp³-hybridized carbons (Fsp3) is 0.286. The number of benzene rings is 2. The number of hydrogen-bond acceptors (Lipinski definition) is 3. The lowest BCUT2D eigenvalue weighted by molar-refractivity contribution is 0.0992. The Morgan fingerprint density at radius 3 is 2.69 bits per heavy atom. The smallest absolute Gasteiger partial charge is 0.265 e. The third-order valence-electron chi connectivity index (χ3n) is 5.30. The fourth-order valence-electron chi connectivity index (χ4n) is 3.90. The first kappa shape index (κ1) is 16.7. The molecule has 26 heavy (non-hydrogen) atoms. The molecule has 1 aromatic heterocycles. The number of likely N-dealkylation sites (N-methyl/N-ethyl adjacent to an activating group) is 1. The highest BCUT2D eigenvalue weighted by molar-refractivity contribution is 6.02. The van der Waals surface area contributed by atoms with E-state index >= 15 is 0 Å². The van der Waals surface area contributed by atoms with Crippen LogP contribution in [0.15, 0.2) is 54.6 Å². The van der Waals surface area contributed by atoms with Gasteiger partial charge in [-0.05, 0) is 37.2 Å². The lowest BCUT2D eigenvalue weighted by Crippen LogP contribution is -2.29. The number of nitrogens with two attached hydrogens (primary N) is 1. The molecule has 5 heteroatoms. The molecule has 1 aliphatic heterocycles. The van der Waals surface area contributed by atoms with Crippen molar-refractivity contribution in [1.29, 1.82) is 0 Å². The van der Waals surface area contributed by atoms with E-state index in [1.54, 1.807) is 0 Å². The Morgan fingerprint density at radius 1 is 1.19 bits per heavy atom. The van der Waals surface area contributed by atoms with E-state index in [1.165, 1.54) is 5.69 Å². The minimum Gasteiger partial charge on any atom is -0.369 e. The largest absolute Gasteiger partial charge is 0.369 e. The molecule has 4 rings (SSSR count). The molecule has 1 atom stereocenters. The van der Waals surface area contributed by atoms with Crippen LogP contribution < -0.4 is 16.0 Å². The summed E-state index contributed by atoms with van der Waals surface area (Å²) in [5.74, 6) is -0.391. The van der Waals surface area contributed by atoms with E-state index in [-0.39, 0.29) is 0 Å². The minimum atomic E-state index is -0.391. The minimum absolute atomic E-state index is 0.391. The van der Waals surface area contributed by atoms with Crippen molar-refractivity contribution in [2.24, 2.45) is 5.73 Å². The predicted molar refractivity (Wildman–Crippen MR) is 106 cm³/mol. The summed E-state index contributed by atoms with van der Waals surface area (Å²) in [4.78, 5) is 14.5. The van der Waals surface area contributed by atoms with Crippen molar-refractivity contribution < 1.29 is 4.79 Å². The van der Waals surface area contributed by atoms with Gasteiger partial charge in [0, 0.05) is 36.7 Å². The lowest BCUT2D eigenvalue weighted by Gasteiger charge is -2.20. The Bertz CT molecular complexity index is 932. The number of carbonyl (C=O) groups is 1. The summed E-state index contributed by atoms with van der Waals surface area (Å²) >= 11 is 0. The maximum absolute atomic E-state index is 12.1. The molecule has 2 heterocycles. The van der Waals surface area contributed by atoms with Gasteiger partial charge in [0.2, 0.25) is 0 Å². The normalized spacial score (nSPS) is 17.1. The summed E-state index contributed by atoms with van der Waals surface area (Å²) in [6, 6.07) is 18.9. The van der Waals surface area contributed by atoms with Crippen LogP contribution in [0.2, 0.25) is 0 Å². The lowest BCUT2D eigenvalue weighted by atomic mass is 10.2. The van der Waals surface area contributed by atoms with Gasteiger partial charge in [0.25, 0.3) is 5.91 Å². The monoisotopic (exact) mass is 348 g/mol. The molecular weight excluding hydrogens is 324 g/mol. The van der Waals surface area contributed by atoms with E-state index in [4.69, 9.17) is 5.73 Å². The van der Waals surface area contributed by atoms with Gasteiger partial charge in [0.15, 0.2) is 0 Å². The zero-order chi connectivity index (χ0) is 18.1. The SMILES string of the molecule is CNC1CCN(c2cccc3c2cc(C(N)=O)n3Cc2ccccc2)C1. The molecular formula is C21H24N4O. The maximum Gasteiger partial charge on any atom is 0.265 e. The van der Waals surface area contributed by atoms with Crippen molar-refractivity contribution in [1.82, 2.24) is 9.88 Å². The van der Waals surface area contributed by atoms with Gasteiger partial charge in [0.05, 0.1) is 5.52 Å². The average Bonchev–Trinajstić information content (AvgIpc) is 3.27. The van der Waals surface area contributed by atoms with Gasteiger partial charge >= 0.3 is 0 Å². The molecule has 134 valence electrons. The topological polar surface area (TPSA) is 63.3 Å². The van der Waals surface area contributed by atoms with Gasteiger partial charge in [-0.3, -0.25) is 4.79 Å². The second kappa shape index (κ2) is 6.84. The molecule has 0 radical (unpaired) electrons. The van der Waals surface area contributed by atoms with Gasteiger partial charge in [-0.25, -0.2) is 0 Å². The number of rotatable bonds is 5. The number of fused-ring (bicyclic) bond motifs is 1. The molecule has 3 aromatic rings. The highest BCUT2D eigenvalue weighted by Gasteiger charge is 2.24. The Kier molecular flexibility index (Phi) is 4.39. The Labute approximate surface area is 153 Å². The molecule has 5 nitrogen and oxygen atoms in total. The number of primary amides is 1. The van der Waals surface area contributed by atoms with Crippen molar-refractivity contribution in [3.63, 3.8) is 0 Å². The average molecular weight is 348 g/mol. The Hall–Kier alpha value is -2.79. The van der Waals surface area contributed by atoms with Gasteiger partial charge in [-0.15, -0.1) is 0 Å². The van der Waals surface area contributed by atoms with Gasteiger partial charge in [-0.2, -0.15) is 0 Å². The van der Waals surface area contributed by atoms with E-state index in [1.807, 2.05) is 35.9 Å². The van der Waals surface area contributed by atoms with Crippen molar-refractivity contribution >= 4 is 22.5 Å². The molecule has 1 aliphatic rings. The molecule has 0 spiro atoms. The molecule has 1 fully saturated rings. The van der Waals surface area contributed by atoms with Crippen LogP contribution in [0.3, 0.4) is 0 Å². The number of amides is 1. The first-order valence-electron chi connectivity index (χ1n) is 9.05. The summed E-state index contributed by atoms with van der Waals surface area (Å²) in [6.07, 6.45) is 1.13. The second-order valence-electron chi connectivity index (χ2n) is 6.90. The second-order valence-corrected chi connectivity index (χ2v) is 6.90. The summed E-state index contributed by atoms with van der Waals surface area (Å²) in [5.41, 5.74) is 9.62. The third-order valence-corrected chi connectivity index (χ3v) is 5.30. The Balaban J connectivity index is 1.80. The molecule has 0 aliphatic carbocycles. The quantitative estimate of drug-likeness (QED) is 0.745. The van der Waals surface area contributed by atoms with E-state index in [9.17, 15) is 4.79 Å². The number of nitrogens with one attached hydrogen (secondary N) is 1.